The van der Waals surface area contributed by atoms with Crippen LogP contribution in [0.25, 0.3) is 11.3 Å². The third-order valence-corrected chi connectivity index (χ3v) is 2.41. The van der Waals surface area contributed by atoms with E-state index in [1.807, 2.05) is 24.3 Å². The number of benzene rings is 1. The quantitative estimate of drug-likeness (QED) is 0.729. The number of hydrogen-bond donors (Lipinski definition) is 0. The lowest BCUT2D eigenvalue weighted by Gasteiger charge is -2.00. The van der Waals surface area contributed by atoms with Gasteiger partial charge in [0.25, 0.3) is 0 Å². The predicted octanol–water partition coefficient (Wildman–Crippen LogP) is 2.55. The molecule has 0 atom stereocenters. The van der Waals surface area contributed by atoms with Crippen molar-refractivity contribution in [3.63, 3.8) is 0 Å². The molecule has 0 aliphatic carbocycles. The van der Waals surface area contributed by atoms with Crippen LogP contribution >= 0.6 is 11.6 Å². The highest BCUT2D eigenvalue weighted by molar-refractivity contribution is 6.30. The summed E-state index contributed by atoms with van der Waals surface area (Å²) in [6.07, 6.45) is 0.736. The fourth-order valence-corrected chi connectivity index (χ4v) is 1.56. The Labute approximate surface area is 92.3 Å². The monoisotopic (exact) mass is 220 g/mol. The average molecular weight is 221 g/mol. The Morgan fingerprint density at radius 1 is 1.33 bits per heavy atom. The zero-order valence-corrected chi connectivity index (χ0v) is 8.90. The number of halogens is 1. The van der Waals surface area contributed by atoms with Crippen molar-refractivity contribution in [1.82, 2.24) is 9.78 Å². The summed E-state index contributed by atoms with van der Waals surface area (Å²) in [6.45, 7) is 0. The molecule has 1 aromatic heterocycles. The second-order valence-corrected chi connectivity index (χ2v) is 3.64. The van der Waals surface area contributed by atoms with Crippen molar-refractivity contribution < 1.29 is 4.79 Å². The van der Waals surface area contributed by atoms with E-state index in [0.29, 0.717) is 10.7 Å². The summed E-state index contributed by atoms with van der Waals surface area (Å²) in [4.78, 5) is 10.6. The maximum absolute atomic E-state index is 10.6. The van der Waals surface area contributed by atoms with Gasteiger partial charge in [0.1, 0.15) is 5.69 Å². The van der Waals surface area contributed by atoms with Crippen molar-refractivity contribution in [2.24, 2.45) is 7.05 Å². The molecule has 0 unspecified atom stereocenters. The van der Waals surface area contributed by atoms with Gasteiger partial charge in [-0.1, -0.05) is 23.7 Å². The van der Waals surface area contributed by atoms with Crippen molar-refractivity contribution >= 4 is 17.9 Å². The Morgan fingerprint density at radius 2 is 2.00 bits per heavy atom. The van der Waals surface area contributed by atoms with E-state index in [2.05, 4.69) is 5.10 Å². The highest BCUT2D eigenvalue weighted by Gasteiger charge is 2.06. The topological polar surface area (TPSA) is 34.9 Å². The van der Waals surface area contributed by atoms with E-state index in [0.717, 1.165) is 17.5 Å². The van der Waals surface area contributed by atoms with Gasteiger partial charge in [0, 0.05) is 12.1 Å². The fraction of sp³-hybridized carbons (Fsp3) is 0.0909. The van der Waals surface area contributed by atoms with Crippen LogP contribution in [-0.4, -0.2) is 16.1 Å². The molecule has 0 aliphatic heterocycles. The van der Waals surface area contributed by atoms with Gasteiger partial charge in [-0.2, -0.15) is 5.10 Å². The molecule has 0 spiro atoms. The minimum Gasteiger partial charge on any atom is -0.296 e. The maximum Gasteiger partial charge on any atom is 0.170 e. The van der Waals surface area contributed by atoms with Crippen LogP contribution in [0.5, 0.6) is 0 Å². The molecular weight excluding hydrogens is 212 g/mol. The predicted molar refractivity (Wildman–Crippen MR) is 59.0 cm³/mol. The van der Waals surface area contributed by atoms with E-state index in [1.165, 1.54) is 0 Å². The number of rotatable bonds is 2. The normalized spacial score (nSPS) is 10.3. The van der Waals surface area contributed by atoms with Crippen LogP contribution < -0.4 is 0 Å². The van der Waals surface area contributed by atoms with E-state index in [-0.39, 0.29) is 0 Å². The van der Waals surface area contributed by atoms with Gasteiger partial charge in [-0.15, -0.1) is 0 Å². The first-order valence-electron chi connectivity index (χ1n) is 4.46. The Morgan fingerprint density at radius 3 is 2.53 bits per heavy atom. The lowest BCUT2D eigenvalue weighted by molar-refractivity contribution is 0.111. The van der Waals surface area contributed by atoms with Gasteiger partial charge in [0.05, 0.1) is 5.69 Å². The molecule has 0 bridgehead atoms. The molecule has 3 nitrogen and oxygen atoms in total. The third kappa shape index (κ3) is 1.92. The first-order chi connectivity index (χ1) is 7.20. The molecule has 0 radical (unpaired) electrons. The zero-order chi connectivity index (χ0) is 10.8. The number of aryl methyl sites for hydroxylation is 1. The summed E-state index contributed by atoms with van der Waals surface area (Å²) in [5, 5.41) is 4.73. The summed E-state index contributed by atoms with van der Waals surface area (Å²) in [5.74, 6) is 0. The number of carbonyl (C=O) groups is 1. The molecular formula is C11H9ClN2O. The first kappa shape index (κ1) is 9.93. The SMILES string of the molecule is Cn1nc(C=O)cc1-c1ccc(Cl)cc1. The van der Waals surface area contributed by atoms with Gasteiger partial charge in [0.2, 0.25) is 0 Å². The summed E-state index contributed by atoms with van der Waals surface area (Å²) in [6, 6.07) is 9.16. The Kier molecular flexibility index (Phi) is 2.56. The van der Waals surface area contributed by atoms with Crippen LogP contribution in [-0.2, 0) is 7.05 Å². The van der Waals surface area contributed by atoms with Gasteiger partial charge in [-0.3, -0.25) is 9.48 Å². The maximum atomic E-state index is 10.6. The van der Waals surface area contributed by atoms with Crippen molar-refractivity contribution in [3.8, 4) is 11.3 Å². The number of aldehydes is 1. The van der Waals surface area contributed by atoms with E-state index in [4.69, 9.17) is 11.6 Å². The van der Waals surface area contributed by atoms with Crippen molar-refractivity contribution in [3.05, 3.63) is 41.0 Å². The minimum atomic E-state index is 0.433. The van der Waals surface area contributed by atoms with E-state index in [9.17, 15) is 4.79 Å². The van der Waals surface area contributed by atoms with Crippen LogP contribution in [0, 0.1) is 0 Å². The van der Waals surface area contributed by atoms with Crippen LogP contribution in [0.2, 0.25) is 5.02 Å². The molecule has 2 aromatic rings. The molecule has 0 N–H and O–H groups in total. The molecule has 1 heterocycles. The van der Waals surface area contributed by atoms with Gasteiger partial charge < -0.3 is 0 Å². The molecule has 1 aromatic carbocycles. The molecule has 2 rings (SSSR count). The van der Waals surface area contributed by atoms with Crippen LogP contribution in [0.3, 0.4) is 0 Å². The molecule has 4 heteroatoms. The van der Waals surface area contributed by atoms with Gasteiger partial charge in [-0.05, 0) is 23.8 Å². The first-order valence-corrected chi connectivity index (χ1v) is 4.83. The smallest absolute Gasteiger partial charge is 0.170 e. The van der Waals surface area contributed by atoms with Crippen LogP contribution in [0.4, 0.5) is 0 Å². The molecule has 0 fully saturated rings. The number of carbonyl (C=O) groups excluding carboxylic acids is 1. The largest absolute Gasteiger partial charge is 0.296 e. The number of hydrogen-bond acceptors (Lipinski definition) is 2. The van der Waals surface area contributed by atoms with E-state index >= 15 is 0 Å². The van der Waals surface area contributed by atoms with E-state index in [1.54, 1.807) is 17.8 Å². The van der Waals surface area contributed by atoms with Crippen molar-refractivity contribution in [2.75, 3.05) is 0 Å². The second-order valence-electron chi connectivity index (χ2n) is 3.20. The lowest BCUT2D eigenvalue weighted by atomic mass is 10.1. The average Bonchev–Trinajstić information content (AvgIpc) is 2.61. The van der Waals surface area contributed by atoms with Gasteiger partial charge >= 0.3 is 0 Å². The van der Waals surface area contributed by atoms with Crippen LogP contribution in [0.1, 0.15) is 10.5 Å². The lowest BCUT2D eigenvalue weighted by Crippen LogP contribution is -1.93. The highest BCUT2D eigenvalue weighted by atomic mass is 35.5. The molecule has 76 valence electrons. The van der Waals surface area contributed by atoms with Gasteiger partial charge in [0.15, 0.2) is 6.29 Å². The summed E-state index contributed by atoms with van der Waals surface area (Å²) in [5.41, 5.74) is 2.32. The number of aromatic nitrogens is 2. The Balaban J connectivity index is 2.48. The van der Waals surface area contributed by atoms with Crippen molar-refractivity contribution in [2.45, 2.75) is 0 Å². The van der Waals surface area contributed by atoms with Crippen LogP contribution in [0.15, 0.2) is 30.3 Å². The minimum absolute atomic E-state index is 0.433. The standard InChI is InChI=1S/C11H9ClN2O/c1-14-11(6-10(7-15)13-14)8-2-4-9(12)5-3-8/h2-7H,1H3. The molecule has 15 heavy (non-hydrogen) atoms. The summed E-state index contributed by atoms with van der Waals surface area (Å²) in [7, 11) is 1.80. The summed E-state index contributed by atoms with van der Waals surface area (Å²) < 4.78 is 1.67. The molecule has 0 saturated heterocycles. The highest BCUT2D eigenvalue weighted by Crippen LogP contribution is 2.21. The second kappa shape index (κ2) is 3.87. The van der Waals surface area contributed by atoms with Gasteiger partial charge in [-0.25, -0.2) is 0 Å². The molecule has 0 saturated carbocycles. The van der Waals surface area contributed by atoms with Crippen molar-refractivity contribution in [1.29, 1.82) is 0 Å². The molecule has 0 aliphatic rings. The summed E-state index contributed by atoms with van der Waals surface area (Å²) >= 11 is 5.79. The fourth-order valence-electron chi connectivity index (χ4n) is 1.44. The third-order valence-electron chi connectivity index (χ3n) is 2.16. The number of nitrogens with zero attached hydrogens (tertiary/aromatic N) is 2. The Bertz CT molecular complexity index is 488. The van der Waals surface area contributed by atoms with E-state index < -0.39 is 0 Å². The zero-order valence-electron chi connectivity index (χ0n) is 8.14. The molecule has 0 amide bonds. The Hall–Kier alpha value is -1.61.